The van der Waals surface area contributed by atoms with Gasteiger partial charge in [-0.3, -0.25) is 9.52 Å². The Morgan fingerprint density at radius 2 is 1.82 bits per heavy atom. The number of para-hydroxylation sites is 1. The van der Waals surface area contributed by atoms with E-state index in [2.05, 4.69) is 87.1 Å². The molecule has 3 aromatic carbocycles. The van der Waals surface area contributed by atoms with Gasteiger partial charge in [-0.1, -0.05) is 30.3 Å². The van der Waals surface area contributed by atoms with Crippen LogP contribution in [0.2, 0.25) is 0 Å². The zero-order valence-corrected chi connectivity index (χ0v) is 23.7. The molecule has 1 atom stereocenters. The minimum absolute atomic E-state index is 0.0368. The van der Waals surface area contributed by atoms with Gasteiger partial charge in [0.2, 0.25) is 0 Å². The second kappa shape index (κ2) is 10.9. The molecule has 1 fully saturated rings. The van der Waals surface area contributed by atoms with Gasteiger partial charge in [0.1, 0.15) is 11.4 Å². The number of anilines is 1. The predicted octanol–water partition coefficient (Wildman–Crippen LogP) is 7.70. The number of rotatable bonds is 6. The number of aryl methyl sites for hydroxylation is 3. The summed E-state index contributed by atoms with van der Waals surface area (Å²) < 4.78 is 9.98. The summed E-state index contributed by atoms with van der Waals surface area (Å²) in [5.41, 5.74) is 7.18. The molecule has 198 valence electrons. The van der Waals surface area contributed by atoms with Gasteiger partial charge in [0.25, 0.3) is 5.91 Å². The lowest BCUT2D eigenvalue weighted by molar-refractivity contribution is 0.0704. The van der Waals surface area contributed by atoms with Gasteiger partial charge < -0.3 is 15.0 Å². The van der Waals surface area contributed by atoms with Gasteiger partial charge in [-0.15, -0.1) is 0 Å². The lowest BCUT2D eigenvalue weighted by Gasteiger charge is -2.38. The van der Waals surface area contributed by atoms with E-state index in [-0.39, 0.29) is 17.6 Å². The number of fused-ring (bicyclic) bond motifs is 1. The van der Waals surface area contributed by atoms with E-state index >= 15 is 0 Å². The number of hydrogen-bond donors (Lipinski definition) is 2. The van der Waals surface area contributed by atoms with Crippen LogP contribution in [0.3, 0.4) is 0 Å². The number of carbonyl (C=O) groups excluding carboxylic acids is 1. The van der Waals surface area contributed by atoms with Crippen molar-refractivity contribution in [2.45, 2.75) is 70.4 Å². The van der Waals surface area contributed by atoms with Crippen LogP contribution in [-0.2, 0) is 0 Å². The molecule has 2 aliphatic rings. The molecule has 2 aliphatic heterocycles. The summed E-state index contributed by atoms with van der Waals surface area (Å²) in [5.74, 6) is 0.879. The quantitative estimate of drug-likeness (QED) is 0.322. The van der Waals surface area contributed by atoms with Crippen molar-refractivity contribution < 1.29 is 9.53 Å². The van der Waals surface area contributed by atoms with Gasteiger partial charge >= 0.3 is 0 Å². The van der Waals surface area contributed by atoms with Gasteiger partial charge in [0.05, 0.1) is 0 Å². The Morgan fingerprint density at radius 1 is 1.05 bits per heavy atom. The Labute approximate surface area is 230 Å². The van der Waals surface area contributed by atoms with E-state index in [4.69, 9.17) is 4.74 Å². The Morgan fingerprint density at radius 3 is 2.58 bits per heavy atom. The number of allylic oxidation sites excluding steroid dienone is 1. The third-order valence-corrected chi connectivity index (χ3v) is 8.19. The molecule has 0 unspecified atom stereocenters. The molecule has 0 spiro atoms. The molecule has 1 amide bonds. The highest BCUT2D eigenvalue weighted by Crippen LogP contribution is 2.41. The SMILES string of the molecule is Cc1cccc(SN[C@H]2CC(C)(C)Oc3ccc(C(=O)N4CCC/C4=C\Nc4c(C)cccc4C)cc32)c1. The van der Waals surface area contributed by atoms with Gasteiger partial charge in [-0.2, -0.15) is 0 Å². The summed E-state index contributed by atoms with van der Waals surface area (Å²) in [4.78, 5) is 16.8. The maximum atomic E-state index is 13.7. The summed E-state index contributed by atoms with van der Waals surface area (Å²) in [5, 5.41) is 3.47. The summed E-state index contributed by atoms with van der Waals surface area (Å²) >= 11 is 1.63. The van der Waals surface area contributed by atoms with Crippen LogP contribution < -0.4 is 14.8 Å². The minimum Gasteiger partial charge on any atom is -0.487 e. The zero-order valence-electron chi connectivity index (χ0n) is 22.9. The molecule has 2 N–H and O–H groups in total. The minimum atomic E-state index is -0.298. The number of likely N-dealkylation sites (tertiary alicyclic amines) is 1. The third kappa shape index (κ3) is 5.77. The Balaban J connectivity index is 1.37. The van der Waals surface area contributed by atoms with Crippen molar-refractivity contribution in [1.29, 1.82) is 0 Å². The smallest absolute Gasteiger partial charge is 0.258 e. The Bertz CT molecular complexity index is 1360. The van der Waals surface area contributed by atoms with Crippen molar-refractivity contribution in [2.75, 3.05) is 11.9 Å². The van der Waals surface area contributed by atoms with Gasteiger partial charge in [0, 0.05) is 52.6 Å². The molecule has 5 rings (SSSR count). The summed E-state index contributed by atoms with van der Waals surface area (Å²) in [6.45, 7) is 11.3. The fraction of sp³-hybridized carbons (Fsp3) is 0.344. The molecule has 0 bridgehead atoms. The molecule has 5 nitrogen and oxygen atoms in total. The molecule has 0 aromatic heterocycles. The maximum absolute atomic E-state index is 13.7. The molecular weight excluding hydrogens is 490 g/mol. The van der Waals surface area contributed by atoms with Gasteiger partial charge in [-0.25, -0.2) is 0 Å². The van der Waals surface area contributed by atoms with Crippen LogP contribution in [0, 0.1) is 20.8 Å². The van der Waals surface area contributed by atoms with E-state index in [1.807, 2.05) is 29.3 Å². The summed E-state index contributed by atoms with van der Waals surface area (Å²) in [6, 6.07) is 20.7. The molecule has 0 saturated carbocycles. The first-order valence-electron chi connectivity index (χ1n) is 13.4. The van der Waals surface area contributed by atoms with Crippen molar-refractivity contribution in [3.05, 3.63) is 100 Å². The average Bonchev–Trinajstić information content (AvgIpc) is 3.34. The highest BCUT2D eigenvalue weighted by molar-refractivity contribution is 7.97. The van der Waals surface area contributed by atoms with Crippen LogP contribution in [0.1, 0.15) is 71.8 Å². The molecule has 2 heterocycles. The van der Waals surface area contributed by atoms with Crippen molar-refractivity contribution in [3.63, 3.8) is 0 Å². The average molecular weight is 528 g/mol. The van der Waals surface area contributed by atoms with Crippen LogP contribution >= 0.6 is 11.9 Å². The lowest BCUT2D eigenvalue weighted by Crippen LogP contribution is -2.38. The number of nitrogens with one attached hydrogen (secondary N) is 2. The summed E-state index contributed by atoms with van der Waals surface area (Å²) in [7, 11) is 0. The van der Waals surface area contributed by atoms with E-state index in [0.717, 1.165) is 48.5 Å². The first-order chi connectivity index (χ1) is 18.2. The highest BCUT2D eigenvalue weighted by atomic mass is 32.2. The summed E-state index contributed by atoms with van der Waals surface area (Å²) in [6.07, 6.45) is 4.66. The number of benzene rings is 3. The lowest BCUT2D eigenvalue weighted by atomic mass is 9.89. The fourth-order valence-electron chi connectivity index (χ4n) is 5.34. The Kier molecular flexibility index (Phi) is 7.55. The monoisotopic (exact) mass is 527 g/mol. The first-order valence-corrected chi connectivity index (χ1v) is 14.2. The molecule has 0 aliphatic carbocycles. The molecule has 3 aromatic rings. The largest absolute Gasteiger partial charge is 0.487 e. The molecule has 0 radical (unpaired) electrons. The molecule has 38 heavy (non-hydrogen) atoms. The van der Waals surface area contributed by atoms with Crippen molar-refractivity contribution >= 4 is 23.5 Å². The van der Waals surface area contributed by atoms with Crippen LogP contribution in [0.5, 0.6) is 5.75 Å². The van der Waals surface area contributed by atoms with Crippen molar-refractivity contribution in [2.24, 2.45) is 0 Å². The number of amides is 1. The van der Waals surface area contributed by atoms with Crippen LogP contribution in [0.4, 0.5) is 5.69 Å². The fourth-order valence-corrected chi connectivity index (χ4v) is 6.22. The van der Waals surface area contributed by atoms with Crippen LogP contribution in [0.25, 0.3) is 0 Å². The van der Waals surface area contributed by atoms with E-state index in [9.17, 15) is 4.79 Å². The normalized spacial score (nSPS) is 19.2. The maximum Gasteiger partial charge on any atom is 0.258 e. The first kappa shape index (κ1) is 26.4. The number of nitrogens with zero attached hydrogens (tertiary/aromatic N) is 1. The molecule has 6 heteroatoms. The van der Waals surface area contributed by atoms with Crippen LogP contribution in [0.15, 0.2) is 77.5 Å². The van der Waals surface area contributed by atoms with Crippen LogP contribution in [-0.4, -0.2) is 23.0 Å². The predicted molar refractivity (Wildman–Crippen MR) is 157 cm³/mol. The Hall–Kier alpha value is -3.22. The second-order valence-corrected chi connectivity index (χ2v) is 11.9. The number of hydrogen-bond acceptors (Lipinski definition) is 5. The molecular formula is C32H37N3O2S. The van der Waals surface area contributed by atoms with E-state index < -0.39 is 0 Å². The van der Waals surface area contributed by atoms with E-state index in [0.29, 0.717) is 5.56 Å². The zero-order chi connectivity index (χ0) is 26.9. The third-order valence-electron chi connectivity index (χ3n) is 7.29. The highest BCUT2D eigenvalue weighted by Gasteiger charge is 2.35. The van der Waals surface area contributed by atoms with Crippen molar-refractivity contribution in [3.8, 4) is 5.75 Å². The molecule has 1 saturated heterocycles. The number of carbonyl (C=O) groups is 1. The second-order valence-electron chi connectivity index (χ2n) is 11.0. The van der Waals surface area contributed by atoms with Crippen molar-refractivity contribution in [1.82, 2.24) is 9.62 Å². The van der Waals surface area contributed by atoms with Gasteiger partial charge in [0.15, 0.2) is 0 Å². The topological polar surface area (TPSA) is 53.6 Å². The van der Waals surface area contributed by atoms with E-state index in [1.165, 1.54) is 21.6 Å². The van der Waals surface area contributed by atoms with Gasteiger partial charge in [-0.05, 0) is 106 Å². The number of ether oxygens (including phenoxy) is 1. The van der Waals surface area contributed by atoms with E-state index in [1.54, 1.807) is 11.9 Å². The standard InChI is InChI=1S/C32H37N3O2S/c1-21-9-6-13-26(17-21)38-34-28-19-32(4,5)37-29-15-14-24(18-27(28)29)31(36)35-16-8-12-25(35)20-33-30-22(2)10-7-11-23(30)3/h6-7,9-11,13-15,17-18,20,28,33-34H,8,12,16,19H2,1-5H3/b25-20+/t28-/m0/s1.